The number of hydrogen-bond acceptors (Lipinski definition) is 4. The molecule has 1 fully saturated rings. The lowest BCUT2D eigenvalue weighted by Crippen LogP contribution is -2.46. The van der Waals surface area contributed by atoms with Crippen molar-refractivity contribution in [2.24, 2.45) is 0 Å². The van der Waals surface area contributed by atoms with E-state index in [4.69, 9.17) is 14.2 Å². The number of hydrogen-bond donors (Lipinski definition) is 1. The number of nitrogens with zero attached hydrogens (tertiary/aromatic N) is 1. The monoisotopic (exact) mass is 440 g/mol. The molecule has 2 amide bonds. The van der Waals surface area contributed by atoms with Gasteiger partial charge >= 0.3 is 6.03 Å². The number of rotatable bonds is 8. The zero-order valence-corrected chi connectivity index (χ0v) is 19.7. The number of piperidine rings is 1. The number of amides is 2. The second-order valence-electron chi connectivity index (χ2n) is 9.06. The smallest absolute Gasteiger partial charge is 0.317 e. The molecule has 0 radical (unpaired) electrons. The highest BCUT2D eigenvalue weighted by Gasteiger charge is 2.24. The van der Waals surface area contributed by atoms with Crippen LogP contribution in [0.2, 0.25) is 0 Å². The summed E-state index contributed by atoms with van der Waals surface area (Å²) in [4.78, 5) is 14.5. The van der Waals surface area contributed by atoms with E-state index in [-0.39, 0.29) is 17.7 Å². The van der Waals surface area contributed by atoms with Crippen molar-refractivity contribution in [2.75, 3.05) is 19.7 Å². The molecule has 0 unspecified atom stereocenters. The van der Waals surface area contributed by atoms with Gasteiger partial charge in [-0.3, -0.25) is 0 Å². The van der Waals surface area contributed by atoms with Gasteiger partial charge in [0.2, 0.25) is 0 Å². The number of ether oxygens (including phenoxy) is 3. The van der Waals surface area contributed by atoms with Gasteiger partial charge in [-0.2, -0.15) is 0 Å². The highest BCUT2D eigenvalue weighted by atomic mass is 16.5. The largest absolute Gasteiger partial charge is 0.490 e. The molecule has 1 N–H and O–H groups in total. The van der Waals surface area contributed by atoms with Crippen LogP contribution in [0.25, 0.3) is 0 Å². The first-order valence-electron chi connectivity index (χ1n) is 11.5. The Morgan fingerprint density at radius 3 is 2.41 bits per heavy atom. The summed E-state index contributed by atoms with van der Waals surface area (Å²) in [6.45, 7) is 11.1. The number of nitrogens with one attached hydrogen (secondary N) is 1. The van der Waals surface area contributed by atoms with Crippen LogP contribution in [0.1, 0.15) is 51.7 Å². The van der Waals surface area contributed by atoms with Crippen molar-refractivity contribution in [3.63, 3.8) is 0 Å². The third-order valence-corrected chi connectivity index (χ3v) is 5.28. The number of para-hydroxylation sites is 2. The second-order valence-corrected chi connectivity index (χ2v) is 9.06. The summed E-state index contributed by atoms with van der Waals surface area (Å²) < 4.78 is 17.7. The highest BCUT2D eigenvalue weighted by molar-refractivity contribution is 5.74. The molecule has 0 atom stereocenters. The topological polar surface area (TPSA) is 60.0 Å². The van der Waals surface area contributed by atoms with Crippen molar-refractivity contribution >= 4 is 6.03 Å². The summed E-state index contributed by atoms with van der Waals surface area (Å²) in [5, 5.41) is 3.04. The van der Waals surface area contributed by atoms with Gasteiger partial charge in [0.15, 0.2) is 11.5 Å². The maximum atomic E-state index is 12.6. The molecule has 0 aliphatic carbocycles. The van der Waals surface area contributed by atoms with E-state index in [0.29, 0.717) is 32.8 Å². The molecule has 3 rings (SSSR count). The molecule has 0 aromatic heterocycles. The predicted octanol–water partition coefficient (Wildman–Crippen LogP) is 5.15. The molecule has 0 bridgehead atoms. The fraction of sp³-hybridized carbons (Fsp3) is 0.500. The summed E-state index contributed by atoms with van der Waals surface area (Å²) >= 11 is 0. The lowest BCUT2D eigenvalue weighted by atomic mass is 10.1. The molecule has 1 saturated heterocycles. The SMILES string of the molecule is CCOc1ccccc1OC1CCN(C(=O)NCc2cccc(COC(C)(C)C)c2)CC1. The second kappa shape index (κ2) is 11.2. The minimum atomic E-state index is -0.175. The Bertz CT molecular complexity index is 870. The van der Waals surface area contributed by atoms with Gasteiger partial charge in [-0.15, -0.1) is 0 Å². The lowest BCUT2D eigenvalue weighted by Gasteiger charge is -2.32. The van der Waals surface area contributed by atoms with Crippen LogP contribution < -0.4 is 14.8 Å². The van der Waals surface area contributed by atoms with E-state index in [1.54, 1.807) is 0 Å². The standard InChI is InChI=1S/C26H36N2O4/c1-5-30-23-11-6-7-12-24(23)32-22-13-15-28(16-14-22)25(29)27-18-20-9-8-10-21(17-20)19-31-26(2,3)4/h6-12,17,22H,5,13-16,18-19H2,1-4H3,(H,27,29). The fourth-order valence-corrected chi connectivity index (χ4v) is 3.60. The van der Waals surface area contributed by atoms with E-state index in [9.17, 15) is 4.79 Å². The lowest BCUT2D eigenvalue weighted by molar-refractivity contribution is -0.0149. The summed E-state index contributed by atoms with van der Waals surface area (Å²) in [6.07, 6.45) is 1.68. The molecular weight excluding hydrogens is 404 g/mol. The minimum absolute atomic E-state index is 0.0329. The van der Waals surface area contributed by atoms with Crippen LogP contribution in [0.5, 0.6) is 11.5 Å². The summed E-state index contributed by atoms with van der Waals surface area (Å²) in [5.74, 6) is 1.54. The van der Waals surface area contributed by atoms with Crippen molar-refractivity contribution in [2.45, 2.75) is 65.4 Å². The zero-order chi connectivity index (χ0) is 23.0. The molecule has 1 aliphatic rings. The van der Waals surface area contributed by atoms with Gasteiger partial charge in [-0.1, -0.05) is 36.4 Å². The van der Waals surface area contributed by atoms with Crippen LogP contribution in [-0.2, 0) is 17.9 Å². The molecule has 174 valence electrons. The van der Waals surface area contributed by atoms with Gasteiger partial charge in [0, 0.05) is 32.5 Å². The Morgan fingerprint density at radius 2 is 1.72 bits per heavy atom. The Kier molecular flexibility index (Phi) is 8.39. The van der Waals surface area contributed by atoms with Gasteiger partial charge in [-0.05, 0) is 51.0 Å². The molecule has 1 aliphatic heterocycles. The maximum Gasteiger partial charge on any atom is 0.317 e. The number of benzene rings is 2. The molecule has 6 heteroatoms. The van der Waals surface area contributed by atoms with Crippen molar-refractivity contribution in [1.29, 1.82) is 0 Å². The molecule has 1 heterocycles. The van der Waals surface area contributed by atoms with E-state index in [2.05, 4.69) is 11.4 Å². The van der Waals surface area contributed by atoms with Crippen LogP contribution in [0, 0.1) is 0 Å². The molecular formula is C26H36N2O4. The third kappa shape index (κ3) is 7.45. The van der Waals surface area contributed by atoms with Crippen molar-refractivity contribution in [1.82, 2.24) is 10.2 Å². The van der Waals surface area contributed by atoms with E-state index in [1.165, 1.54) is 0 Å². The molecule has 32 heavy (non-hydrogen) atoms. The number of carbonyl (C=O) groups excluding carboxylic acids is 1. The Labute approximate surface area is 191 Å². The summed E-state index contributed by atoms with van der Waals surface area (Å²) in [6, 6.07) is 15.9. The van der Waals surface area contributed by atoms with Gasteiger partial charge < -0.3 is 24.4 Å². The fourth-order valence-electron chi connectivity index (χ4n) is 3.60. The molecule has 6 nitrogen and oxygen atoms in total. The summed E-state index contributed by atoms with van der Waals surface area (Å²) in [7, 11) is 0. The zero-order valence-electron chi connectivity index (χ0n) is 19.7. The van der Waals surface area contributed by atoms with Gasteiger partial charge in [0.25, 0.3) is 0 Å². The van der Waals surface area contributed by atoms with Crippen molar-refractivity contribution < 1.29 is 19.0 Å². The minimum Gasteiger partial charge on any atom is -0.490 e. The van der Waals surface area contributed by atoms with Crippen LogP contribution in [-0.4, -0.2) is 42.3 Å². The third-order valence-electron chi connectivity index (χ3n) is 5.28. The van der Waals surface area contributed by atoms with E-state index >= 15 is 0 Å². The Hall–Kier alpha value is -2.73. The van der Waals surface area contributed by atoms with E-state index in [1.807, 2.05) is 75.1 Å². The van der Waals surface area contributed by atoms with Crippen LogP contribution >= 0.6 is 0 Å². The molecule has 0 saturated carbocycles. The average Bonchev–Trinajstić information content (AvgIpc) is 2.78. The normalized spacial score (nSPS) is 14.8. The van der Waals surface area contributed by atoms with E-state index in [0.717, 1.165) is 35.5 Å². The van der Waals surface area contributed by atoms with Gasteiger partial charge in [-0.25, -0.2) is 4.79 Å². The average molecular weight is 441 g/mol. The number of carbonyl (C=O) groups is 1. The molecule has 2 aromatic rings. The van der Waals surface area contributed by atoms with Crippen molar-refractivity contribution in [3.8, 4) is 11.5 Å². The van der Waals surface area contributed by atoms with Crippen LogP contribution in [0.4, 0.5) is 4.79 Å². The maximum absolute atomic E-state index is 12.6. The number of urea groups is 1. The first kappa shape index (κ1) is 23.9. The molecule has 2 aromatic carbocycles. The number of likely N-dealkylation sites (tertiary alicyclic amines) is 1. The first-order chi connectivity index (χ1) is 15.3. The van der Waals surface area contributed by atoms with Gasteiger partial charge in [0.1, 0.15) is 6.10 Å². The van der Waals surface area contributed by atoms with Crippen molar-refractivity contribution in [3.05, 3.63) is 59.7 Å². The predicted molar refractivity (Wildman–Crippen MR) is 126 cm³/mol. The van der Waals surface area contributed by atoms with E-state index < -0.39 is 0 Å². The van der Waals surface area contributed by atoms with Crippen LogP contribution in [0.15, 0.2) is 48.5 Å². The Morgan fingerprint density at radius 1 is 1.03 bits per heavy atom. The quantitative estimate of drug-likeness (QED) is 0.616. The van der Waals surface area contributed by atoms with Gasteiger partial charge in [0.05, 0.1) is 18.8 Å². The highest BCUT2D eigenvalue weighted by Crippen LogP contribution is 2.29. The first-order valence-corrected chi connectivity index (χ1v) is 11.5. The summed E-state index contributed by atoms with van der Waals surface area (Å²) in [5.41, 5.74) is 2.00. The Balaban J connectivity index is 1.44. The molecule has 0 spiro atoms. The van der Waals surface area contributed by atoms with Crippen LogP contribution in [0.3, 0.4) is 0 Å².